The third-order valence-electron chi connectivity index (χ3n) is 2.64. The van der Waals surface area contributed by atoms with Crippen molar-refractivity contribution >= 4 is 5.91 Å². The first-order valence-corrected chi connectivity index (χ1v) is 6.11. The lowest BCUT2D eigenvalue weighted by Crippen LogP contribution is -2.21. The van der Waals surface area contributed by atoms with Crippen molar-refractivity contribution < 1.29 is 14.6 Å². The number of benzene rings is 1. The second kappa shape index (κ2) is 7.01. The molecule has 0 aromatic heterocycles. The molecule has 4 nitrogen and oxygen atoms in total. The van der Waals surface area contributed by atoms with Crippen LogP contribution in [0.4, 0.5) is 0 Å². The smallest absolute Gasteiger partial charge is 0.222 e. The largest absolute Gasteiger partial charge is 0.494 e. The highest BCUT2D eigenvalue weighted by atomic mass is 16.5. The topological polar surface area (TPSA) is 49.8 Å². The van der Waals surface area contributed by atoms with Crippen LogP contribution in [0.3, 0.4) is 0 Å². The third-order valence-corrected chi connectivity index (χ3v) is 2.64. The van der Waals surface area contributed by atoms with Crippen molar-refractivity contribution in [3.8, 4) is 5.75 Å². The van der Waals surface area contributed by atoms with Crippen molar-refractivity contribution in [2.24, 2.45) is 0 Å². The molecule has 1 aromatic carbocycles. The summed E-state index contributed by atoms with van der Waals surface area (Å²) in [6.07, 6.45) is 0.683. The first-order chi connectivity index (χ1) is 8.50. The molecular weight excluding hydrogens is 230 g/mol. The molecule has 0 spiro atoms. The molecule has 4 heteroatoms. The third kappa shape index (κ3) is 4.75. The molecule has 0 aliphatic carbocycles. The maximum atomic E-state index is 11.3. The summed E-state index contributed by atoms with van der Waals surface area (Å²) in [6, 6.07) is 7.37. The van der Waals surface area contributed by atoms with Gasteiger partial charge in [0.15, 0.2) is 0 Å². The number of amides is 1. The van der Waals surface area contributed by atoms with Crippen molar-refractivity contribution in [1.82, 2.24) is 4.90 Å². The van der Waals surface area contributed by atoms with Crippen LogP contribution in [0.1, 0.15) is 31.4 Å². The van der Waals surface area contributed by atoms with Crippen molar-refractivity contribution in [1.29, 1.82) is 0 Å². The normalized spacial score (nSPS) is 12.0. The molecule has 0 aliphatic rings. The van der Waals surface area contributed by atoms with Gasteiger partial charge in [0, 0.05) is 20.5 Å². The number of ether oxygens (including phenoxy) is 1. The summed E-state index contributed by atoms with van der Waals surface area (Å²) in [6.45, 7) is 2.22. The van der Waals surface area contributed by atoms with Gasteiger partial charge in [-0.3, -0.25) is 4.79 Å². The molecule has 0 aliphatic heterocycles. The van der Waals surface area contributed by atoms with Gasteiger partial charge in [-0.25, -0.2) is 0 Å². The number of aliphatic hydroxyl groups is 1. The molecule has 0 saturated heterocycles. The fraction of sp³-hybridized carbons (Fsp3) is 0.500. The van der Waals surface area contributed by atoms with E-state index in [0.29, 0.717) is 19.4 Å². The van der Waals surface area contributed by atoms with E-state index < -0.39 is 6.10 Å². The Hall–Kier alpha value is -1.55. The number of aliphatic hydroxyl groups excluding tert-OH is 1. The van der Waals surface area contributed by atoms with Crippen molar-refractivity contribution in [2.75, 3.05) is 20.7 Å². The Balaban J connectivity index is 2.35. The number of carbonyl (C=O) groups is 1. The van der Waals surface area contributed by atoms with E-state index in [4.69, 9.17) is 4.74 Å². The molecule has 0 unspecified atom stereocenters. The van der Waals surface area contributed by atoms with Crippen molar-refractivity contribution in [2.45, 2.75) is 25.9 Å². The highest BCUT2D eigenvalue weighted by molar-refractivity contribution is 5.75. The molecule has 0 radical (unpaired) electrons. The van der Waals surface area contributed by atoms with E-state index in [0.717, 1.165) is 11.3 Å². The zero-order valence-corrected chi connectivity index (χ0v) is 11.2. The van der Waals surface area contributed by atoms with E-state index >= 15 is 0 Å². The minimum atomic E-state index is -0.496. The fourth-order valence-corrected chi connectivity index (χ4v) is 1.50. The van der Waals surface area contributed by atoms with Crippen LogP contribution in [0.25, 0.3) is 0 Å². The molecule has 1 N–H and O–H groups in total. The van der Waals surface area contributed by atoms with Crippen LogP contribution in [0.5, 0.6) is 5.75 Å². The Morgan fingerprint density at radius 3 is 2.78 bits per heavy atom. The number of nitrogens with zero attached hydrogens (tertiary/aromatic N) is 1. The van der Waals surface area contributed by atoms with E-state index in [1.54, 1.807) is 25.9 Å². The zero-order valence-electron chi connectivity index (χ0n) is 11.2. The van der Waals surface area contributed by atoms with Gasteiger partial charge in [0.05, 0.1) is 12.7 Å². The Kier molecular flexibility index (Phi) is 5.65. The molecule has 0 heterocycles. The Morgan fingerprint density at radius 2 is 2.17 bits per heavy atom. The second-order valence-electron chi connectivity index (χ2n) is 4.49. The number of carbonyl (C=O) groups excluding carboxylic acids is 1. The van der Waals surface area contributed by atoms with Crippen LogP contribution < -0.4 is 4.74 Å². The molecule has 0 saturated carbocycles. The Bertz CT molecular complexity index is 388. The highest BCUT2D eigenvalue weighted by Gasteiger charge is 2.04. The van der Waals surface area contributed by atoms with E-state index in [1.807, 2.05) is 24.3 Å². The average molecular weight is 251 g/mol. The fourth-order valence-electron chi connectivity index (χ4n) is 1.50. The quantitative estimate of drug-likeness (QED) is 0.787. The minimum absolute atomic E-state index is 0.108. The lowest BCUT2D eigenvalue weighted by atomic mass is 10.1. The predicted octanol–water partition coefficient (Wildman–Crippen LogP) is 1.99. The molecule has 1 aromatic rings. The first kappa shape index (κ1) is 14.5. The molecular formula is C14H21NO3. The summed E-state index contributed by atoms with van der Waals surface area (Å²) in [5, 5.41) is 9.45. The molecule has 100 valence electrons. The van der Waals surface area contributed by atoms with Gasteiger partial charge in [0.2, 0.25) is 5.91 Å². The van der Waals surface area contributed by atoms with Gasteiger partial charge in [-0.05, 0) is 31.0 Å². The zero-order chi connectivity index (χ0) is 13.5. The van der Waals surface area contributed by atoms with Gasteiger partial charge >= 0.3 is 0 Å². The lowest BCUT2D eigenvalue weighted by Gasteiger charge is -2.11. The summed E-state index contributed by atoms with van der Waals surface area (Å²) in [5.41, 5.74) is 0.830. The van der Waals surface area contributed by atoms with Gasteiger partial charge in [0.25, 0.3) is 0 Å². The van der Waals surface area contributed by atoms with Crippen LogP contribution in [0.15, 0.2) is 24.3 Å². The van der Waals surface area contributed by atoms with Gasteiger partial charge in [-0.2, -0.15) is 0 Å². The number of rotatable bonds is 6. The molecule has 0 fully saturated rings. The minimum Gasteiger partial charge on any atom is -0.494 e. The monoisotopic (exact) mass is 251 g/mol. The first-order valence-electron chi connectivity index (χ1n) is 6.11. The predicted molar refractivity (Wildman–Crippen MR) is 70.5 cm³/mol. The summed E-state index contributed by atoms with van der Waals surface area (Å²) >= 11 is 0. The van der Waals surface area contributed by atoms with Gasteiger partial charge in [-0.1, -0.05) is 12.1 Å². The summed E-state index contributed by atoms with van der Waals surface area (Å²) in [7, 11) is 3.49. The van der Waals surface area contributed by atoms with E-state index in [9.17, 15) is 9.90 Å². The summed E-state index contributed by atoms with van der Waals surface area (Å²) < 4.78 is 5.55. The molecule has 0 bridgehead atoms. The Morgan fingerprint density at radius 1 is 1.44 bits per heavy atom. The van der Waals surface area contributed by atoms with Crippen LogP contribution in [0, 0.1) is 0 Å². The van der Waals surface area contributed by atoms with E-state index in [2.05, 4.69) is 0 Å². The van der Waals surface area contributed by atoms with Crippen LogP contribution >= 0.6 is 0 Å². The van der Waals surface area contributed by atoms with Gasteiger partial charge in [0.1, 0.15) is 5.75 Å². The van der Waals surface area contributed by atoms with E-state index in [-0.39, 0.29) is 5.91 Å². The summed E-state index contributed by atoms with van der Waals surface area (Å²) in [4.78, 5) is 12.9. The highest BCUT2D eigenvalue weighted by Crippen LogP contribution is 2.18. The van der Waals surface area contributed by atoms with Crippen LogP contribution in [0.2, 0.25) is 0 Å². The number of hydrogen-bond donors (Lipinski definition) is 1. The van der Waals surface area contributed by atoms with Crippen LogP contribution in [-0.2, 0) is 4.79 Å². The average Bonchev–Trinajstić information content (AvgIpc) is 2.34. The maximum absolute atomic E-state index is 11.3. The molecule has 1 rings (SSSR count). The SMILES string of the molecule is C[C@@H](O)c1cccc(OCCCC(=O)N(C)C)c1. The van der Waals surface area contributed by atoms with Crippen LogP contribution in [-0.4, -0.2) is 36.6 Å². The maximum Gasteiger partial charge on any atom is 0.222 e. The Labute approximate surface area is 108 Å². The molecule has 1 amide bonds. The second-order valence-corrected chi connectivity index (χ2v) is 4.49. The van der Waals surface area contributed by atoms with Crippen molar-refractivity contribution in [3.63, 3.8) is 0 Å². The van der Waals surface area contributed by atoms with Gasteiger partial charge < -0.3 is 14.7 Å². The van der Waals surface area contributed by atoms with E-state index in [1.165, 1.54) is 0 Å². The van der Waals surface area contributed by atoms with Crippen molar-refractivity contribution in [3.05, 3.63) is 29.8 Å². The molecule has 1 atom stereocenters. The molecule has 18 heavy (non-hydrogen) atoms. The standard InChI is InChI=1S/C14H21NO3/c1-11(16)12-6-4-7-13(10-12)18-9-5-8-14(17)15(2)3/h4,6-7,10-11,16H,5,8-9H2,1-3H3/t11-/m1/s1. The summed E-state index contributed by atoms with van der Waals surface area (Å²) in [5.74, 6) is 0.835. The number of hydrogen-bond acceptors (Lipinski definition) is 3. The lowest BCUT2D eigenvalue weighted by molar-refractivity contribution is -0.128. The van der Waals surface area contributed by atoms with Gasteiger partial charge in [-0.15, -0.1) is 0 Å².